The largest absolute Gasteiger partial charge is 0.390 e. The molecule has 0 radical (unpaired) electrons. The number of aliphatic hydroxyl groups is 2. The molecule has 0 rings (SSSR count). The molecule has 0 spiro atoms. The maximum absolute atomic E-state index is 8.84. The average molecular weight is 138 g/mol. The number of rotatable bonds is 1. The zero-order valence-electron chi connectivity index (χ0n) is 5.68. The molecule has 2 atom stereocenters. The van der Waals surface area contributed by atoms with Gasteiger partial charge in [0.25, 0.3) is 0 Å². The molecule has 3 heteroatoms. The fourth-order valence-corrected chi connectivity index (χ4v) is 0. The Morgan fingerprint density at radius 3 is 1.50 bits per heavy atom. The Labute approximate surface area is 53.5 Å². The lowest BCUT2D eigenvalue weighted by Gasteiger charge is -2.19. The standard InChI is InChI=1S/C5H12O2.H3P/c1-4(6)5(2,3)7;/h4,6-7H,1-3H3;1H3. The summed E-state index contributed by atoms with van der Waals surface area (Å²) in [5, 5.41) is 17.5. The zero-order chi connectivity index (χ0) is 6.08. The Balaban J connectivity index is 0. The molecule has 52 valence electrons. The quantitative estimate of drug-likeness (QED) is 0.508. The third-order valence-corrected chi connectivity index (χ3v) is 1.02. The molecular weight excluding hydrogens is 123 g/mol. The Morgan fingerprint density at radius 2 is 1.50 bits per heavy atom. The maximum Gasteiger partial charge on any atom is 0.0846 e. The summed E-state index contributed by atoms with van der Waals surface area (Å²) in [6.07, 6.45) is -0.646. The summed E-state index contributed by atoms with van der Waals surface area (Å²) in [4.78, 5) is 0. The van der Waals surface area contributed by atoms with Gasteiger partial charge in [-0.3, -0.25) is 0 Å². The predicted octanol–water partition coefficient (Wildman–Crippen LogP) is 0.196. The lowest BCUT2D eigenvalue weighted by molar-refractivity contribution is -0.0375. The van der Waals surface area contributed by atoms with E-state index in [9.17, 15) is 0 Å². The summed E-state index contributed by atoms with van der Waals surface area (Å²) >= 11 is 0. The molecule has 2 nitrogen and oxygen atoms in total. The van der Waals surface area contributed by atoms with E-state index in [-0.39, 0.29) is 9.90 Å². The second kappa shape index (κ2) is 3.39. The van der Waals surface area contributed by atoms with Crippen molar-refractivity contribution in [2.24, 2.45) is 0 Å². The van der Waals surface area contributed by atoms with E-state index < -0.39 is 11.7 Å². The molecule has 0 amide bonds. The van der Waals surface area contributed by atoms with Crippen LogP contribution < -0.4 is 0 Å². The highest BCUT2D eigenvalue weighted by Gasteiger charge is 2.18. The smallest absolute Gasteiger partial charge is 0.0846 e. The first-order valence-corrected chi connectivity index (χ1v) is 2.35. The van der Waals surface area contributed by atoms with E-state index in [2.05, 4.69) is 0 Å². The van der Waals surface area contributed by atoms with Gasteiger partial charge in [0, 0.05) is 0 Å². The van der Waals surface area contributed by atoms with E-state index >= 15 is 0 Å². The molecule has 0 aliphatic rings. The normalized spacial score (nSPS) is 14.6. The third-order valence-electron chi connectivity index (χ3n) is 1.02. The molecular formula is C5H15O2P. The van der Waals surface area contributed by atoms with Crippen LogP contribution >= 0.6 is 9.90 Å². The van der Waals surface area contributed by atoms with Gasteiger partial charge in [0.2, 0.25) is 0 Å². The van der Waals surface area contributed by atoms with E-state index in [0.717, 1.165) is 0 Å². The SMILES string of the molecule is CC(O)C(C)(C)O.P. The van der Waals surface area contributed by atoms with Crippen LogP contribution in [-0.2, 0) is 0 Å². The molecule has 2 N–H and O–H groups in total. The highest BCUT2D eigenvalue weighted by molar-refractivity contribution is 6.92. The van der Waals surface area contributed by atoms with Gasteiger partial charge in [-0.1, -0.05) is 0 Å². The fraction of sp³-hybridized carbons (Fsp3) is 1.00. The number of aliphatic hydroxyl groups excluding tert-OH is 1. The minimum atomic E-state index is -0.944. The van der Waals surface area contributed by atoms with E-state index in [0.29, 0.717) is 0 Å². The van der Waals surface area contributed by atoms with Gasteiger partial charge < -0.3 is 10.2 Å². The van der Waals surface area contributed by atoms with Crippen LogP contribution in [-0.4, -0.2) is 21.9 Å². The molecule has 0 saturated carbocycles. The maximum atomic E-state index is 8.84. The van der Waals surface area contributed by atoms with E-state index in [1.54, 1.807) is 20.8 Å². The molecule has 0 aromatic rings. The molecule has 0 heterocycles. The van der Waals surface area contributed by atoms with Crippen molar-refractivity contribution in [3.05, 3.63) is 0 Å². The monoisotopic (exact) mass is 138 g/mol. The lowest BCUT2D eigenvalue weighted by Crippen LogP contribution is -2.32. The summed E-state index contributed by atoms with van der Waals surface area (Å²) < 4.78 is 0. The zero-order valence-corrected chi connectivity index (χ0v) is 7.09. The molecule has 0 aromatic carbocycles. The van der Waals surface area contributed by atoms with Crippen molar-refractivity contribution in [3.8, 4) is 0 Å². The van der Waals surface area contributed by atoms with Crippen molar-refractivity contribution in [2.45, 2.75) is 32.5 Å². The van der Waals surface area contributed by atoms with Gasteiger partial charge in [0.1, 0.15) is 0 Å². The van der Waals surface area contributed by atoms with Gasteiger partial charge in [-0.2, -0.15) is 9.90 Å². The first-order chi connectivity index (χ1) is 2.94. The predicted molar refractivity (Wildman–Crippen MR) is 39.1 cm³/mol. The minimum absolute atomic E-state index is 0. The summed E-state index contributed by atoms with van der Waals surface area (Å²) in [5.74, 6) is 0. The van der Waals surface area contributed by atoms with Crippen LogP contribution in [0, 0.1) is 0 Å². The molecule has 0 aliphatic carbocycles. The first-order valence-electron chi connectivity index (χ1n) is 2.35. The molecule has 0 aliphatic heterocycles. The molecule has 0 aromatic heterocycles. The first kappa shape index (κ1) is 11.2. The van der Waals surface area contributed by atoms with E-state index in [1.807, 2.05) is 0 Å². The van der Waals surface area contributed by atoms with Gasteiger partial charge >= 0.3 is 0 Å². The fourth-order valence-electron chi connectivity index (χ4n) is 0. The molecule has 0 saturated heterocycles. The molecule has 0 bridgehead atoms. The number of hydrogen-bond donors (Lipinski definition) is 2. The minimum Gasteiger partial charge on any atom is -0.390 e. The highest BCUT2D eigenvalue weighted by atomic mass is 31.0. The second-order valence-electron chi connectivity index (χ2n) is 2.33. The number of hydrogen-bond acceptors (Lipinski definition) is 2. The van der Waals surface area contributed by atoms with Crippen LogP contribution in [0.2, 0.25) is 0 Å². The lowest BCUT2D eigenvalue weighted by atomic mass is 10.0. The Hall–Kier alpha value is 0.350. The topological polar surface area (TPSA) is 40.5 Å². The van der Waals surface area contributed by atoms with Crippen LogP contribution in [0.5, 0.6) is 0 Å². The Bertz CT molecular complexity index is 55.9. The average Bonchev–Trinajstić information content (AvgIpc) is 1.31. The van der Waals surface area contributed by atoms with Crippen LogP contribution in [0.3, 0.4) is 0 Å². The second-order valence-corrected chi connectivity index (χ2v) is 2.33. The van der Waals surface area contributed by atoms with Crippen molar-refractivity contribution in [3.63, 3.8) is 0 Å². The van der Waals surface area contributed by atoms with Crippen LogP contribution in [0.25, 0.3) is 0 Å². The summed E-state index contributed by atoms with van der Waals surface area (Å²) in [6.45, 7) is 4.69. The third kappa shape index (κ3) is 4.51. The van der Waals surface area contributed by atoms with Gasteiger partial charge in [0.15, 0.2) is 0 Å². The Kier molecular flexibility index (Phi) is 4.74. The molecule has 8 heavy (non-hydrogen) atoms. The summed E-state index contributed by atoms with van der Waals surface area (Å²) in [7, 11) is 0. The van der Waals surface area contributed by atoms with Crippen LogP contribution in [0.4, 0.5) is 0 Å². The van der Waals surface area contributed by atoms with Crippen molar-refractivity contribution < 1.29 is 10.2 Å². The van der Waals surface area contributed by atoms with Crippen LogP contribution in [0.1, 0.15) is 20.8 Å². The van der Waals surface area contributed by atoms with Crippen molar-refractivity contribution >= 4 is 9.90 Å². The Morgan fingerprint density at radius 1 is 1.38 bits per heavy atom. The molecule has 2 unspecified atom stereocenters. The summed E-state index contributed by atoms with van der Waals surface area (Å²) in [6, 6.07) is 0. The van der Waals surface area contributed by atoms with Gasteiger partial charge in [0.05, 0.1) is 11.7 Å². The van der Waals surface area contributed by atoms with Gasteiger partial charge in [-0.15, -0.1) is 0 Å². The van der Waals surface area contributed by atoms with Gasteiger partial charge in [-0.05, 0) is 20.8 Å². The van der Waals surface area contributed by atoms with E-state index in [4.69, 9.17) is 10.2 Å². The van der Waals surface area contributed by atoms with E-state index in [1.165, 1.54) is 0 Å². The molecule has 0 fully saturated rings. The van der Waals surface area contributed by atoms with Crippen molar-refractivity contribution in [1.82, 2.24) is 0 Å². The highest BCUT2D eigenvalue weighted by Crippen LogP contribution is 2.05. The summed E-state index contributed by atoms with van der Waals surface area (Å²) in [5.41, 5.74) is -0.944. The van der Waals surface area contributed by atoms with Crippen molar-refractivity contribution in [2.75, 3.05) is 0 Å². The van der Waals surface area contributed by atoms with Crippen molar-refractivity contribution in [1.29, 1.82) is 0 Å². The van der Waals surface area contributed by atoms with Gasteiger partial charge in [-0.25, -0.2) is 0 Å². The van der Waals surface area contributed by atoms with Crippen LogP contribution in [0.15, 0.2) is 0 Å².